The van der Waals surface area contributed by atoms with E-state index >= 15 is 0 Å². The molecule has 10 nitrogen and oxygen atoms in total. The lowest BCUT2D eigenvalue weighted by atomic mass is 10.0. The van der Waals surface area contributed by atoms with Crippen LogP contribution >= 0.6 is 23.2 Å². The number of pyridine rings is 2. The third-order valence-corrected chi connectivity index (χ3v) is 8.63. The summed E-state index contributed by atoms with van der Waals surface area (Å²) >= 11 is 13.7. The van der Waals surface area contributed by atoms with Gasteiger partial charge in [-0.25, -0.2) is 4.98 Å². The third kappa shape index (κ3) is 6.88. The lowest BCUT2D eigenvalue weighted by molar-refractivity contribution is -0.135. The Morgan fingerprint density at radius 1 is 1.09 bits per heavy atom. The molecule has 0 bridgehead atoms. The Hall–Kier alpha value is -4.25. The van der Waals surface area contributed by atoms with Gasteiger partial charge in [0.05, 0.1) is 40.8 Å². The number of nitrogens with zero attached hydrogens (tertiary/aromatic N) is 5. The number of hydrogen-bond donors (Lipinski definition) is 1. The van der Waals surface area contributed by atoms with Crippen LogP contribution in [0.1, 0.15) is 39.2 Å². The number of hydrogen-bond acceptors (Lipinski definition) is 8. The number of aromatic nitrogens is 2. The van der Waals surface area contributed by atoms with E-state index in [1.165, 1.54) is 13.2 Å². The molecule has 5 rings (SSSR count). The smallest absolute Gasteiger partial charge is 0.274 e. The summed E-state index contributed by atoms with van der Waals surface area (Å²) in [5, 5.41) is 5.36. The molecule has 234 valence electrons. The van der Waals surface area contributed by atoms with Crippen LogP contribution in [0.3, 0.4) is 0 Å². The van der Waals surface area contributed by atoms with Crippen LogP contribution in [0.25, 0.3) is 22.5 Å². The number of likely N-dealkylation sites (tertiary alicyclic amines) is 1. The molecule has 0 atom stereocenters. The molecule has 2 aliphatic heterocycles. The highest BCUT2D eigenvalue weighted by Gasteiger charge is 2.32. The summed E-state index contributed by atoms with van der Waals surface area (Å²) in [6.07, 6.45) is 4.83. The van der Waals surface area contributed by atoms with Gasteiger partial charge in [0.2, 0.25) is 11.8 Å². The van der Waals surface area contributed by atoms with Gasteiger partial charge in [0.1, 0.15) is 11.5 Å². The van der Waals surface area contributed by atoms with E-state index < -0.39 is 5.91 Å². The molecular weight excluding hydrogens is 615 g/mol. The first-order valence-corrected chi connectivity index (χ1v) is 15.2. The molecule has 2 amide bonds. The summed E-state index contributed by atoms with van der Waals surface area (Å²) in [6, 6.07) is 11.1. The van der Waals surface area contributed by atoms with E-state index in [1.54, 1.807) is 37.4 Å². The van der Waals surface area contributed by atoms with Crippen molar-refractivity contribution in [2.24, 2.45) is 4.99 Å². The Bertz CT molecular complexity index is 1710. The molecule has 1 fully saturated rings. The Balaban J connectivity index is 1.37. The highest BCUT2D eigenvalue weighted by molar-refractivity contribution is 6.39. The average molecular weight is 650 g/mol. The van der Waals surface area contributed by atoms with Crippen molar-refractivity contribution in [3.05, 3.63) is 81.3 Å². The van der Waals surface area contributed by atoms with Crippen molar-refractivity contribution >= 4 is 47.4 Å². The van der Waals surface area contributed by atoms with Crippen molar-refractivity contribution in [2.75, 3.05) is 25.5 Å². The first-order chi connectivity index (χ1) is 21.6. The summed E-state index contributed by atoms with van der Waals surface area (Å²) < 4.78 is 5.33. The fraction of sp³-hybridized carbons (Fsp3) is 0.303. The summed E-state index contributed by atoms with van der Waals surface area (Å²) in [6.45, 7) is 10.9. The van der Waals surface area contributed by atoms with Gasteiger partial charge >= 0.3 is 0 Å². The number of amides is 2. The SMILES string of the molecule is C=N/C(=C\C(OC)=C(C)C)C(=O)Nc1cccc(-c2nccc(-c3ccc4c(n3)ON(C3CCN(C(C)=O)CC3)C4)c2Cl)c1Cl. The normalized spacial score (nSPS) is 15.2. The fourth-order valence-corrected chi connectivity index (χ4v) is 5.92. The van der Waals surface area contributed by atoms with Crippen LogP contribution in [0.5, 0.6) is 5.88 Å². The first kappa shape index (κ1) is 32.2. The predicted octanol–water partition coefficient (Wildman–Crippen LogP) is 6.70. The zero-order valence-corrected chi connectivity index (χ0v) is 27.1. The van der Waals surface area contributed by atoms with Crippen molar-refractivity contribution in [2.45, 2.75) is 46.2 Å². The maximum absolute atomic E-state index is 13.1. The lowest BCUT2D eigenvalue weighted by Gasteiger charge is -2.34. The van der Waals surface area contributed by atoms with Crippen molar-refractivity contribution in [1.82, 2.24) is 19.9 Å². The van der Waals surface area contributed by atoms with E-state index in [1.807, 2.05) is 35.9 Å². The minimum Gasteiger partial charge on any atom is -0.497 e. The second-order valence-corrected chi connectivity index (χ2v) is 11.7. The molecule has 12 heteroatoms. The second-order valence-electron chi connectivity index (χ2n) is 11.0. The number of carbonyl (C=O) groups excluding carboxylic acids is 2. The van der Waals surface area contributed by atoms with Crippen molar-refractivity contribution in [3.63, 3.8) is 0 Å². The van der Waals surface area contributed by atoms with E-state index in [9.17, 15) is 9.59 Å². The molecule has 45 heavy (non-hydrogen) atoms. The number of anilines is 1. The average Bonchev–Trinajstić information content (AvgIpc) is 3.46. The zero-order valence-electron chi connectivity index (χ0n) is 25.6. The number of rotatable bonds is 8. The van der Waals surface area contributed by atoms with Crippen LogP contribution in [-0.2, 0) is 20.9 Å². The topological polar surface area (TPSA) is 109 Å². The van der Waals surface area contributed by atoms with Gasteiger partial charge < -0.3 is 19.8 Å². The molecule has 0 spiro atoms. The number of aliphatic imine (C=N–C) groups is 1. The largest absolute Gasteiger partial charge is 0.497 e. The summed E-state index contributed by atoms with van der Waals surface area (Å²) in [5.74, 6) is 0.634. The predicted molar refractivity (Wildman–Crippen MR) is 176 cm³/mol. The van der Waals surface area contributed by atoms with Crippen LogP contribution in [0.15, 0.2) is 70.7 Å². The number of hydroxylamine groups is 2. The number of carbonyl (C=O) groups is 2. The van der Waals surface area contributed by atoms with Gasteiger partial charge in [0, 0.05) is 55.0 Å². The highest BCUT2D eigenvalue weighted by atomic mass is 35.5. The molecule has 0 aliphatic carbocycles. The van der Waals surface area contributed by atoms with Gasteiger partial charge in [0.15, 0.2) is 0 Å². The van der Waals surface area contributed by atoms with Crippen LogP contribution in [0.4, 0.5) is 5.69 Å². The van der Waals surface area contributed by atoms with Gasteiger partial charge in [0.25, 0.3) is 5.91 Å². The minimum atomic E-state index is -0.506. The number of ether oxygens (including phenoxy) is 1. The molecule has 1 aromatic carbocycles. The Morgan fingerprint density at radius 3 is 2.51 bits per heavy atom. The minimum absolute atomic E-state index is 0.0673. The van der Waals surface area contributed by atoms with E-state index in [2.05, 4.69) is 22.0 Å². The van der Waals surface area contributed by atoms with Crippen LogP contribution in [-0.4, -0.2) is 64.7 Å². The molecule has 3 aromatic rings. The summed E-state index contributed by atoms with van der Waals surface area (Å²) in [7, 11) is 1.52. The number of halogens is 2. The van der Waals surface area contributed by atoms with Gasteiger partial charge in [-0.15, -0.1) is 5.06 Å². The Kier molecular flexibility index (Phi) is 9.86. The van der Waals surface area contributed by atoms with Gasteiger partial charge in [-0.2, -0.15) is 0 Å². The molecule has 0 radical (unpaired) electrons. The summed E-state index contributed by atoms with van der Waals surface area (Å²) in [5.41, 5.74) is 4.51. The Labute approximate surface area is 272 Å². The zero-order chi connectivity index (χ0) is 32.2. The van der Waals surface area contributed by atoms with Crippen molar-refractivity contribution < 1.29 is 19.2 Å². The number of nitrogens with one attached hydrogen (secondary N) is 1. The number of piperidine rings is 1. The number of benzene rings is 1. The Morgan fingerprint density at radius 2 is 1.84 bits per heavy atom. The van der Waals surface area contributed by atoms with Crippen molar-refractivity contribution in [1.29, 1.82) is 0 Å². The molecule has 4 heterocycles. The van der Waals surface area contributed by atoms with E-state index in [0.717, 1.165) is 24.0 Å². The molecule has 1 N–H and O–H groups in total. The second kappa shape index (κ2) is 13.8. The lowest BCUT2D eigenvalue weighted by Crippen LogP contribution is -2.45. The van der Waals surface area contributed by atoms with Gasteiger partial charge in [-0.1, -0.05) is 35.3 Å². The number of fused-ring (bicyclic) bond motifs is 1. The molecular formula is C33H34Cl2N6O4. The van der Waals surface area contributed by atoms with E-state index in [0.29, 0.717) is 64.5 Å². The van der Waals surface area contributed by atoms with E-state index in [4.69, 9.17) is 37.8 Å². The molecule has 2 aliphatic rings. The first-order valence-electron chi connectivity index (χ1n) is 14.5. The quantitative estimate of drug-likeness (QED) is 0.125. The molecule has 0 saturated carbocycles. The molecule has 0 unspecified atom stereocenters. The van der Waals surface area contributed by atoms with Crippen molar-refractivity contribution in [3.8, 4) is 28.4 Å². The number of allylic oxidation sites excluding steroid dienone is 2. The monoisotopic (exact) mass is 648 g/mol. The van der Waals surface area contributed by atoms with Crippen LogP contribution in [0.2, 0.25) is 10.0 Å². The van der Waals surface area contributed by atoms with Gasteiger partial charge in [-0.05, 0) is 63.2 Å². The summed E-state index contributed by atoms with van der Waals surface area (Å²) in [4.78, 5) is 46.0. The third-order valence-electron chi connectivity index (χ3n) is 7.84. The fourth-order valence-electron chi connectivity index (χ4n) is 5.34. The highest BCUT2D eigenvalue weighted by Crippen LogP contribution is 2.41. The molecule has 2 aromatic heterocycles. The number of methoxy groups -OCH3 is 1. The maximum Gasteiger partial charge on any atom is 0.274 e. The maximum atomic E-state index is 13.1. The standard InChI is InChI=1S/C33H34Cl2N6O4/c1-19(2)28(44-5)17-27(36-4)32(43)38-26-8-6-7-24(29(26)34)31-30(35)23(11-14-37-31)25-10-9-21-18-41(45-33(21)39-25)22-12-15-40(16-13-22)20(3)42/h6-11,14,17,22H,4,12-13,15-16,18H2,1-3,5H3,(H,38,43)/b27-17-. The molecule has 1 saturated heterocycles. The van der Waals surface area contributed by atoms with E-state index in [-0.39, 0.29) is 22.7 Å². The van der Waals surface area contributed by atoms with Crippen LogP contribution in [0, 0.1) is 0 Å². The van der Waals surface area contributed by atoms with Gasteiger partial charge in [-0.3, -0.25) is 19.6 Å². The van der Waals surface area contributed by atoms with Crippen LogP contribution < -0.4 is 10.2 Å².